The highest BCUT2D eigenvalue weighted by atomic mass is 35.5. The second kappa shape index (κ2) is 7.63. The van der Waals surface area contributed by atoms with Crippen molar-refractivity contribution < 1.29 is 24.2 Å². The number of benzene rings is 1. The molecule has 1 amide bonds. The Morgan fingerprint density at radius 3 is 2.60 bits per heavy atom. The number of anilines is 1. The summed E-state index contributed by atoms with van der Waals surface area (Å²) in [4.78, 5) is 47.1. The van der Waals surface area contributed by atoms with E-state index in [1.54, 1.807) is 0 Å². The molecule has 1 aromatic heterocycles. The van der Waals surface area contributed by atoms with E-state index in [-0.39, 0.29) is 20.7 Å². The number of nitro benzene ring substituents is 1. The molecule has 2 aromatic rings. The molecule has 0 aliphatic rings. The third-order valence-corrected chi connectivity index (χ3v) is 3.73. The molecule has 11 nitrogen and oxygen atoms in total. The maximum atomic E-state index is 11.9. The Morgan fingerprint density at radius 1 is 1.28 bits per heavy atom. The first-order valence-corrected chi connectivity index (χ1v) is 7.48. The Morgan fingerprint density at radius 2 is 2.00 bits per heavy atom. The van der Waals surface area contributed by atoms with Crippen molar-refractivity contribution in [3.05, 3.63) is 55.2 Å². The van der Waals surface area contributed by atoms with E-state index < -0.39 is 34.0 Å². The van der Waals surface area contributed by atoms with Crippen molar-refractivity contribution in [2.45, 2.75) is 0 Å². The molecule has 0 aliphatic heterocycles. The fourth-order valence-electron chi connectivity index (χ4n) is 1.60. The summed E-state index contributed by atoms with van der Waals surface area (Å²) in [7, 11) is 0. The van der Waals surface area contributed by atoms with Gasteiger partial charge in [0.15, 0.2) is 11.7 Å². The molecular formula is C12H7ClN4O7S. The molecule has 0 aliphatic carbocycles. The molecule has 1 N–H and O–H groups in total. The zero-order valence-electron chi connectivity index (χ0n) is 12.0. The minimum atomic E-state index is -1.09. The number of halogens is 1. The maximum Gasteiger partial charge on any atom is 0.345 e. The summed E-state index contributed by atoms with van der Waals surface area (Å²) in [6.07, 6.45) is 0.962. The Hall–Kier alpha value is -3.12. The highest BCUT2D eigenvalue weighted by Gasteiger charge is 2.23. The van der Waals surface area contributed by atoms with Gasteiger partial charge in [0.05, 0.1) is 9.85 Å². The molecule has 0 saturated heterocycles. The lowest BCUT2D eigenvalue weighted by molar-refractivity contribution is -0.385. The molecule has 0 atom stereocenters. The SMILES string of the molecule is O=C(COC(=O)c1ccc(Cl)cc1[N+](=O)[O-])Nc1ncc([N+](=O)[O-])s1. The monoisotopic (exact) mass is 386 g/mol. The number of nitrogens with one attached hydrogen (secondary N) is 1. The lowest BCUT2D eigenvalue weighted by Crippen LogP contribution is -2.21. The molecule has 1 heterocycles. The topological polar surface area (TPSA) is 155 Å². The van der Waals surface area contributed by atoms with Gasteiger partial charge in [-0.3, -0.25) is 30.3 Å². The Bertz CT molecular complexity index is 869. The average molecular weight is 387 g/mol. The number of aromatic nitrogens is 1. The van der Waals surface area contributed by atoms with Crippen LogP contribution in [0.15, 0.2) is 24.4 Å². The van der Waals surface area contributed by atoms with Gasteiger partial charge in [0.25, 0.3) is 11.6 Å². The van der Waals surface area contributed by atoms with Gasteiger partial charge >= 0.3 is 11.0 Å². The molecule has 130 valence electrons. The van der Waals surface area contributed by atoms with Gasteiger partial charge in [-0.2, -0.15) is 0 Å². The Kier molecular flexibility index (Phi) is 5.56. The van der Waals surface area contributed by atoms with Crippen molar-refractivity contribution in [3.8, 4) is 0 Å². The largest absolute Gasteiger partial charge is 0.452 e. The Balaban J connectivity index is 1.98. The van der Waals surface area contributed by atoms with Crippen molar-refractivity contribution in [2.24, 2.45) is 0 Å². The first-order chi connectivity index (χ1) is 11.8. The zero-order valence-corrected chi connectivity index (χ0v) is 13.6. The maximum absolute atomic E-state index is 11.9. The van der Waals surface area contributed by atoms with Crippen LogP contribution in [-0.4, -0.2) is 33.3 Å². The van der Waals surface area contributed by atoms with Crippen LogP contribution in [0.3, 0.4) is 0 Å². The zero-order chi connectivity index (χ0) is 18.6. The fourth-order valence-corrected chi connectivity index (χ4v) is 2.42. The highest BCUT2D eigenvalue weighted by Crippen LogP contribution is 2.25. The van der Waals surface area contributed by atoms with Gasteiger partial charge in [0.2, 0.25) is 0 Å². The summed E-state index contributed by atoms with van der Waals surface area (Å²) >= 11 is 6.25. The van der Waals surface area contributed by atoms with E-state index in [1.165, 1.54) is 6.07 Å². The lowest BCUT2D eigenvalue weighted by atomic mass is 10.2. The van der Waals surface area contributed by atoms with Crippen molar-refractivity contribution in [3.63, 3.8) is 0 Å². The standard InChI is InChI=1S/C12H7ClN4O7S/c13-6-1-2-7(8(3-6)16(20)21)11(19)24-5-9(18)15-12-14-4-10(25-12)17(22)23/h1-4H,5H2,(H,14,15,18). The van der Waals surface area contributed by atoms with Crippen molar-refractivity contribution in [2.75, 3.05) is 11.9 Å². The number of hydrogen-bond donors (Lipinski definition) is 1. The normalized spacial score (nSPS) is 10.1. The van der Waals surface area contributed by atoms with Gasteiger partial charge in [0.1, 0.15) is 11.8 Å². The number of esters is 1. The third kappa shape index (κ3) is 4.68. The molecule has 2 rings (SSSR count). The molecule has 13 heteroatoms. The van der Waals surface area contributed by atoms with E-state index in [0.29, 0.717) is 11.3 Å². The van der Waals surface area contributed by atoms with Crippen LogP contribution in [0.1, 0.15) is 10.4 Å². The van der Waals surface area contributed by atoms with Gasteiger partial charge in [-0.15, -0.1) is 0 Å². The first kappa shape index (κ1) is 18.2. The molecule has 0 saturated carbocycles. The molecular weight excluding hydrogens is 380 g/mol. The summed E-state index contributed by atoms with van der Waals surface area (Å²) in [6.45, 7) is -0.758. The number of nitrogens with zero attached hydrogens (tertiary/aromatic N) is 3. The highest BCUT2D eigenvalue weighted by molar-refractivity contribution is 7.18. The number of carbonyl (C=O) groups excluding carboxylic acids is 2. The predicted octanol–water partition coefficient (Wildman–Crippen LogP) is 2.41. The van der Waals surface area contributed by atoms with Crippen LogP contribution >= 0.6 is 22.9 Å². The van der Waals surface area contributed by atoms with Crippen molar-refractivity contribution >= 4 is 50.6 Å². The van der Waals surface area contributed by atoms with Crippen LogP contribution in [0, 0.1) is 20.2 Å². The molecule has 0 unspecified atom stereocenters. The van der Waals surface area contributed by atoms with Gasteiger partial charge in [-0.05, 0) is 23.5 Å². The van der Waals surface area contributed by atoms with Crippen LogP contribution in [0.4, 0.5) is 15.8 Å². The molecule has 0 fully saturated rings. The second-order valence-electron chi connectivity index (χ2n) is 4.30. The number of amides is 1. The van der Waals surface area contributed by atoms with E-state index in [2.05, 4.69) is 10.3 Å². The number of hydrogen-bond acceptors (Lipinski definition) is 9. The van der Waals surface area contributed by atoms with Crippen LogP contribution in [-0.2, 0) is 9.53 Å². The fraction of sp³-hybridized carbons (Fsp3) is 0.0833. The van der Waals surface area contributed by atoms with Crippen molar-refractivity contribution in [1.29, 1.82) is 0 Å². The molecule has 0 radical (unpaired) electrons. The van der Waals surface area contributed by atoms with Gasteiger partial charge in [0, 0.05) is 11.1 Å². The average Bonchev–Trinajstić information content (AvgIpc) is 3.01. The summed E-state index contributed by atoms with van der Waals surface area (Å²) in [5.41, 5.74) is -0.930. The van der Waals surface area contributed by atoms with E-state index in [9.17, 15) is 29.8 Å². The van der Waals surface area contributed by atoms with E-state index in [1.807, 2.05) is 0 Å². The second-order valence-corrected chi connectivity index (χ2v) is 5.75. The van der Waals surface area contributed by atoms with E-state index in [0.717, 1.165) is 18.3 Å². The third-order valence-electron chi connectivity index (χ3n) is 2.63. The minimum absolute atomic E-state index is 0.0507. The number of carbonyl (C=O) groups is 2. The number of ether oxygens (including phenoxy) is 1. The van der Waals surface area contributed by atoms with Crippen LogP contribution in [0.25, 0.3) is 0 Å². The van der Waals surface area contributed by atoms with Crippen LogP contribution in [0.5, 0.6) is 0 Å². The molecule has 0 bridgehead atoms. The lowest BCUT2D eigenvalue weighted by Gasteiger charge is -2.05. The molecule has 0 spiro atoms. The van der Waals surface area contributed by atoms with E-state index in [4.69, 9.17) is 16.3 Å². The Labute approximate surface area is 147 Å². The number of rotatable bonds is 6. The van der Waals surface area contributed by atoms with Gasteiger partial charge in [-0.25, -0.2) is 9.78 Å². The predicted molar refractivity (Wildman–Crippen MR) is 85.8 cm³/mol. The van der Waals surface area contributed by atoms with Crippen LogP contribution < -0.4 is 5.32 Å². The number of thiazole rings is 1. The van der Waals surface area contributed by atoms with Crippen LogP contribution in [0.2, 0.25) is 5.02 Å². The summed E-state index contributed by atoms with van der Waals surface area (Å²) in [5, 5.41) is 23.4. The van der Waals surface area contributed by atoms with Crippen molar-refractivity contribution in [1.82, 2.24) is 4.98 Å². The molecule has 1 aromatic carbocycles. The smallest absolute Gasteiger partial charge is 0.345 e. The number of nitro groups is 2. The summed E-state index contributed by atoms with van der Waals surface area (Å²) in [6, 6.07) is 3.34. The van der Waals surface area contributed by atoms with E-state index >= 15 is 0 Å². The van der Waals surface area contributed by atoms with Gasteiger partial charge in [-0.1, -0.05) is 11.6 Å². The summed E-state index contributed by atoms with van der Waals surface area (Å²) in [5.74, 6) is -1.90. The quantitative estimate of drug-likeness (QED) is 0.450. The summed E-state index contributed by atoms with van der Waals surface area (Å²) < 4.78 is 4.69. The van der Waals surface area contributed by atoms with Gasteiger partial charge < -0.3 is 4.74 Å². The molecule has 25 heavy (non-hydrogen) atoms. The first-order valence-electron chi connectivity index (χ1n) is 6.29. The minimum Gasteiger partial charge on any atom is -0.452 e.